The number of ether oxygens (including phenoxy) is 2. The molecule has 0 spiro atoms. The maximum atomic E-state index is 5.26. The highest BCUT2D eigenvalue weighted by atomic mass is 16.5. The maximum Gasteiger partial charge on any atom is 0.0567 e. The smallest absolute Gasteiger partial charge is 0.0567 e. The van der Waals surface area contributed by atoms with E-state index < -0.39 is 0 Å². The minimum atomic E-state index is 0.312. The molecule has 1 fully saturated rings. The molecule has 1 rings (SSSR count). The van der Waals surface area contributed by atoms with Crippen LogP contribution in [0.4, 0.5) is 0 Å². The van der Waals surface area contributed by atoms with Gasteiger partial charge in [0.1, 0.15) is 0 Å². The van der Waals surface area contributed by atoms with Gasteiger partial charge in [-0.15, -0.1) is 0 Å². The van der Waals surface area contributed by atoms with E-state index in [-0.39, 0.29) is 0 Å². The summed E-state index contributed by atoms with van der Waals surface area (Å²) in [5.74, 6) is 0. The van der Waals surface area contributed by atoms with Crippen LogP contribution in [0.15, 0.2) is 0 Å². The fourth-order valence-electron chi connectivity index (χ4n) is 2.06. The Hall–Kier alpha value is -0.0800. The highest BCUT2D eigenvalue weighted by molar-refractivity contribution is 4.89. The van der Waals surface area contributed by atoms with E-state index in [9.17, 15) is 0 Å². The lowest BCUT2D eigenvalue weighted by molar-refractivity contribution is -0.158. The van der Waals surface area contributed by atoms with E-state index in [4.69, 9.17) is 9.47 Å². The summed E-state index contributed by atoms with van der Waals surface area (Å²) < 4.78 is 10.5. The Balaban J connectivity index is 2.45. The van der Waals surface area contributed by atoms with Gasteiger partial charge in [-0.1, -0.05) is 20.8 Å². The Morgan fingerprint density at radius 3 is 2.17 bits per heavy atom. The molecule has 1 heterocycles. The molecule has 0 aliphatic carbocycles. The number of hydrogen-bond acceptors (Lipinski definition) is 2. The third kappa shape index (κ3) is 2.46. The normalized spacial score (nSPS) is 22.0. The highest BCUT2D eigenvalue weighted by Gasteiger charge is 2.41. The first-order chi connectivity index (χ1) is 5.47. The molecular weight excluding hydrogens is 152 g/mol. The van der Waals surface area contributed by atoms with Crippen LogP contribution in [0, 0.1) is 10.8 Å². The molecule has 0 bridgehead atoms. The standard InChI is InChI=1S/C10H20O2/c1-9(2,3)5-10(6-11-4)7-12-8-10/h5-8H2,1-4H3. The van der Waals surface area contributed by atoms with E-state index in [0.717, 1.165) is 19.8 Å². The van der Waals surface area contributed by atoms with E-state index in [1.165, 1.54) is 6.42 Å². The highest BCUT2D eigenvalue weighted by Crippen LogP contribution is 2.39. The molecule has 0 aromatic carbocycles. The summed E-state index contributed by atoms with van der Waals surface area (Å²) in [4.78, 5) is 0. The molecular formula is C10H20O2. The molecule has 0 N–H and O–H groups in total. The molecule has 0 unspecified atom stereocenters. The van der Waals surface area contributed by atoms with Crippen molar-refractivity contribution in [2.24, 2.45) is 10.8 Å². The summed E-state index contributed by atoms with van der Waals surface area (Å²) in [5.41, 5.74) is 0.690. The van der Waals surface area contributed by atoms with E-state index in [0.29, 0.717) is 10.8 Å². The summed E-state index contributed by atoms with van der Waals surface area (Å²) in [7, 11) is 1.77. The minimum Gasteiger partial charge on any atom is -0.384 e. The molecule has 72 valence electrons. The molecule has 0 saturated carbocycles. The van der Waals surface area contributed by atoms with Gasteiger partial charge >= 0.3 is 0 Å². The zero-order valence-electron chi connectivity index (χ0n) is 8.64. The molecule has 1 saturated heterocycles. The van der Waals surface area contributed by atoms with E-state index >= 15 is 0 Å². The fourth-order valence-corrected chi connectivity index (χ4v) is 2.06. The van der Waals surface area contributed by atoms with Gasteiger partial charge in [0.2, 0.25) is 0 Å². The first-order valence-electron chi connectivity index (χ1n) is 4.54. The van der Waals surface area contributed by atoms with Crippen LogP contribution in [0.1, 0.15) is 27.2 Å². The molecule has 1 aliphatic rings. The van der Waals surface area contributed by atoms with Crippen molar-refractivity contribution in [2.45, 2.75) is 27.2 Å². The molecule has 0 radical (unpaired) electrons. The van der Waals surface area contributed by atoms with Crippen LogP contribution >= 0.6 is 0 Å². The van der Waals surface area contributed by atoms with Crippen molar-refractivity contribution in [3.63, 3.8) is 0 Å². The number of rotatable bonds is 3. The van der Waals surface area contributed by atoms with Crippen molar-refractivity contribution < 1.29 is 9.47 Å². The van der Waals surface area contributed by atoms with Crippen molar-refractivity contribution in [3.8, 4) is 0 Å². The van der Waals surface area contributed by atoms with Gasteiger partial charge in [0.25, 0.3) is 0 Å². The van der Waals surface area contributed by atoms with Gasteiger partial charge in [-0.25, -0.2) is 0 Å². The lowest BCUT2D eigenvalue weighted by atomic mass is 9.73. The van der Waals surface area contributed by atoms with Crippen LogP contribution in [0.5, 0.6) is 0 Å². The van der Waals surface area contributed by atoms with Gasteiger partial charge in [0.05, 0.1) is 19.8 Å². The zero-order chi connectivity index (χ0) is 9.24. The van der Waals surface area contributed by atoms with Gasteiger partial charge < -0.3 is 9.47 Å². The van der Waals surface area contributed by atoms with E-state index in [1.54, 1.807) is 7.11 Å². The topological polar surface area (TPSA) is 18.5 Å². The maximum absolute atomic E-state index is 5.26. The van der Waals surface area contributed by atoms with Crippen LogP contribution in [-0.2, 0) is 9.47 Å². The molecule has 1 aliphatic heterocycles. The summed E-state index contributed by atoms with van der Waals surface area (Å²) >= 11 is 0. The first-order valence-corrected chi connectivity index (χ1v) is 4.54. The second-order valence-corrected chi connectivity index (χ2v) is 5.16. The predicted molar refractivity (Wildman–Crippen MR) is 49.2 cm³/mol. The monoisotopic (exact) mass is 172 g/mol. The van der Waals surface area contributed by atoms with Gasteiger partial charge in [-0.2, -0.15) is 0 Å². The van der Waals surface area contributed by atoms with Gasteiger partial charge in [-0.3, -0.25) is 0 Å². The third-order valence-corrected chi connectivity index (χ3v) is 2.17. The fraction of sp³-hybridized carbons (Fsp3) is 1.00. The van der Waals surface area contributed by atoms with Crippen LogP contribution in [0.3, 0.4) is 0 Å². The van der Waals surface area contributed by atoms with Gasteiger partial charge in [-0.05, 0) is 11.8 Å². The average molecular weight is 172 g/mol. The lowest BCUT2D eigenvalue weighted by Crippen LogP contribution is -2.48. The summed E-state index contributed by atoms with van der Waals surface area (Å²) in [6.07, 6.45) is 1.19. The number of methoxy groups -OCH3 is 1. The van der Waals surface area contributed by atoms with Crippen LogP contribution < -0.4 is 0 Å². The lowest BCUT2D eigenvalue weighted by Gasteiger charge is -2.44. The van der Waals surface area contributed by atoms with Crippen LogP contribution in [0.2, 0.25) is 0 Å². The van der Waals surface area contributed by atoms with Crippen molar-refractivity contribution in [2.75, 3.05) is 26.9 Å². The number of hydrogen-bond donors (Lipinski definition) is 0. The second-order valence-electron chi connectivity index (χ2n) is 5.16. The van der Waals surface area contributed by atoms with Gasteiger partial charge in [0.15, 0.2) is 0 Å². The first kappa shape index (κ1) is 10.0. The van der Waals surface area contributed by atoms with Crippen molar-refractivity contribution in [1.29, 1.82) is 0 Å². The molecule has 0 aromatic rings. The predicted octanol–water partition coefficient (Wildman–Crippen LogP) is 2.09. The van der Waals surface area contributed by atoms with E-state index in [1.807, 2.05) is 0 Å². The SMILES string of the molecule is COCC1(CC(C)(C)C)COC1. The Morgan fingerprint density at radius 2 is 1.92 bits per heavy atom. The molecule has 0 amide bonds. The third-order valence-electron chi connectivity index (χ3n) is 2.17. The van der Waals surface area contributed by atoms with Crippen LogP contribution in [-0.4, -0.2) is 26.9 Å². The molecule has 2 nitrogen and oxygen atoms in total. The minimum absolute atomic E-state index is 0.312. The Bertz CT molecular complexity index is 142. The van der Waals surface area contributed by atoms with Gasteiger partial charge in [0, 0.05) is 12.5 Å². The Morgan fingerprint density at radius 1 is 1.33 bits per heavy atom. The van der Waals surface area contributed by atoms with E-state index in [2.05, 4.69) is 20.8 Å². The summed E-state index contributed by atoms with van der Waals surface area (Å²) in [5, 5.41) is 0. The Labute approximate surface area is 75.2 Å². The quantitative estimate of drug-likeness (QED) is 0.649. The molecule has 12 heavy (non-hydrogen) atoms. The second kappa shape index (κ2) is 3.35. The average Bonchev–Trinajstić information content (AvgIpc) is 1.80. The summed E-state index contributed by atoms with van der Waals surface area (Å²) in [6, 6.07) is 0. The molecule has 0 aromatic heterocycles. The van der Waals surface area contributed by atoms with Crippen molar-refractivity contribution in [3.05, 3.63) is 0 Å². The largest absolute Gasteiger partial charge is 0.384 e. The Kier molecular flexibility index (Phi) is 2.79. The molecule has 2 heteroatoms. The van der Waals surface area contributed by atoms with Crippen molar-refractivity contribution in [1.82, 2.24) is 0 Å². The zero-order valence-corrected chi connectivity index (χ0v) is 8.64. The molecule has 0 atom stereocenters. The van der Waals surface area contributed by atoms with Crippen molar-refractivity contribution >= 4 is 0 Å². The summed E-state index contributed by atoms with van der Waals surface area (Å²) in [6.45, 7) is 9.38. The van der Waals surface area contributed by atoms with Crippen LogP contribution in [0.25, 0.3) is 0 Å².